The lowest BCUT2D eigenvalue weighted by Crippen LogP contribution is -2.30. The summed E-state index contributed by atoms with van der Waals surface area (Å²) in [6, 6.07) is 16.9. The number of carbonyl (C=O) groups is 1. The topological polar surface area (TPSA) is 84.2 Å². The minimum Gasteiger partial charge on any atom is -0.356 e. The van der Waals surface area contributed by atoms with Crippen LogP contribution in [0.5, 0.6) is 0 Å². The third kappa shape index (κ3) is 3.61. The SMILES string of the molecule is O=C(Nc1cc(N2CCCCC2)ncn1)c1ccc2noc(-c3ccccc3)c2c1. The molecule has 1 saturated heterocycles. The smallest absolute Gasteiger partial charge is 0.256 e. The van der Waals surface area contributed by atoms with Crippen LogP contribution in [-0.2, 0) is 0 Å². The average molecular weight is 399 g/mol. The van der Waals surface area contributed by atoms with Crippen LogP contribution >= 0.6 is 0 Å². The highest BCUT2D eigenvalue weighted by Gasteiger charge is 2.16. The van der Waals surface area contributed by atoms with Crippen LogP contribution in [0, 0.1) is 0 Å². The molecule has 2 aromatic heterocycles. The highest BCUT2D eigenvalue weighted by molar-refractivity contribution is 6.07. The summed E-state index contributed by atoms with van der Waals surface area (Å²) in [6.07, 6.45) is 5.07. The fraction of sp³-hybridized carbons (Fsp3) is 0.217. The van der Waals surface area contributed by atoms with Crippen LogP contribution < -0.4 is 10.2 Å². The van der Waals surface area contributed by atoms with E-state index >= 15 is 0 Å². The number of hydrogen-bond donors (Lipinski definition) is 1. The van der Waals surface area contributed by atoms with Gasteiger partial charge in [-0.3, -0.25) is 4.79 Å². The maximum Gasteiger partial charge on any atom is 0.256 e. The predicted molar refractivity (Wildman–Crippen MR) is 115 cm³/mol. The van der Waals surface area contributed by atoms with Gasteiger partial charge in [0, 0.05) is 30.3 Å². The quantitative estimate of drug-likeness (QED) is 0.543. The maximum atomic E-state index is 12.9. The Hall–Kier alpha value is -3.74. The van der Waals surface area contributed by atoms with Crippen LogP contribution in [0.2, 0.25) is 0 Å². The largest absolute Gasteiger partial charge is 0.356 e. The van der Waals surface area contributed by atoms with Gasteiger partial charge < -0.3 is 14.7 Å². The molecule has 1 aliphatic heterocycles. The van der Waals surface area contributed by atoms with Crippen LogP contribution in [0.15, 0.2) is 65.4 Å². The lowest BCUT2D eigenvalue weighted by Gasteiger charge is -2.27. The Balaban J connectivity index is 1.40. The molecule has 7 nitrogen and oxygen atoms in total. The van der Waals surface area contributed by atoms with Crippen LogP contribution in [-0.4, -0.2) is 34.1 Å². The van der Waals surface area contributed by atoms with E-state index in [1.54, 1.807) is 18.2 Å². The van der Waals surface area contributed by atoms with E-state index in [0.29, 0.717) is 22.7 Å². The molecule has 0 radical (unpaired) electrons. The van der Waals surface area contributed by atoms with Crippen molar-refractivity contribution in [2.75, 3.05) is 23.3 Å². The summed E-state index contributed by atoms with van der Waals surface area (Å²) in [5, 5.41) is 7.79. The van der Waals surface area contributed by atoms with Crippen molar-refractivity contribution < 1.29 is 9.32 Å². The number of nitrogens with one attached hydrogen (secondary N) is 1. The highest BCUT2D eigenvalue weighted by atomic mass is 16.5. The Labute approximate surface area is 173 Å². The monoisotopic (exact) mass is 399 g/mol. The van der Waals surface area contributed by atoms with Gasteiger partial charge in [-0.15, -0.1) is 0 Å². The Kier molecular flexibility index (Phi) is 4.85. The molecule has 3 heterocycles. The molecule has 0 aliphatic carbocycles. The molecule has 1 fully saturated rings. The maximum absolute atomic E-state index is 12.9. The van der Waals surface area contributed by atoms with Crippen molar-refractivity contribution in [1.29, 1.82) is 0 Å². The molecule has 1 aliphatic rings. The first kappa shape index (κ1) is 18.3. The van der Waals surface area contributed by atoms with Crippen molar-refractivity contribution in [3.63, 3.8) is 0 Å². The predicted octanol–water partition coefficient (Wildman–Crippen LogP) is 4.53. The summed E-state index contributed by atoms with van der Waals surface area (Å²) in [7, 11) is 0. The Morgan fingerprint density at radius 3 is 2.63 bits per heavy atom. The molecular formula is C23H21N5O2. The zero-order valence-electron chi connectivity index (χ0n) is 16.4. The molecule has 0 bridgehead atoms. The van der Waals surface area contributed by atoms with E-state index < -0.39 is 0 Å². The second-order valence-electron chi connectivity index (χ2n) is 7.37. The van der Waals surface area contributed by atoms with E-state index in [4.69, 9.17) is 4.52 Å². The fourth-order valence-corrected chi connectivity index (χ4v) is 3.78. The number of carbonyl (C=O) groups excluding carboxylic acids is 1. The third-order valence-corrected chi connectivity index (χ3v) is 5.35. The second kappa shape index (κ2) is 7.94. The number of nitrogens with zero attached hydrogens (tertiary/aromatic N) is 4. The Morgan fingerprint density at radius 2 is 1.80 bits per heavy atom. The molecule has 7 heteroatoms. The summed E-state index contributed by atoms with van der Waals surface area (Å²) >= 11 is 0. The van der Waals surface area contributed by atoms with Gasteiger partial charge in [-0.1, -0.05) is 35.5 Å². The molecule has 0 saturated carbocycles. The van der Waals surface area contributed by atoms with Crippen LogP contribution in [0.4, 0.5) is 11.6 Å². The lowest BCUT2D eigenvalue weighted by atomic mass is 10.1. The first-order valence-corrected chi connectivity index (χ1v) is 10.1. The van der Waals surface area contributed by atoms with Crippen LogP contribution in [0.1, 0.15) is 29.6 Å². The molecule has 4 aromatic rings. The van der Waals surface area contributed by atoms with Gasteiger partial charge >= 0.3 is 0 Å². The van der Waals surface area contributed by atoms with E-state index in [1.807, 2.05) is 36.4 Å². The zero-order valence-corrected chi connectivity index (χ0v) is 16.4. The molecule has 0 atom stereocenters. The summed E-state index contributed by atoms with van der Waals surface area (Å²) in [5.74, 6) is 1.75. The zero-order chi connectivity index (χ0) is 20.3. The average Bonchev–Trinajstić information content (AvgIpc) is 3.24. The molecular weight excluding hydrogens is 378 g/mol. The van der Waals surface area contributed by atoms with Crippen LogP contribution in [0.25, 0.3) is 22.2 Å². The molecule has 1 amide bonds. The van der Waals surface area contributed by atoms with Crippen molar-refractivity contribution in [3.05, 3.63) is 66.5 Å². The number of hydrogen-bond acceptors (Lipinski definition) is 6. The van der Waals surface area contributed by atoms with Crippen molar-refractivity contribution in [2.45, 2.75) is 19.3 Å². The molecule has 0 spiro atoms. The van der Waals surface area contributed by atoms with E-state index in [2.05, 4.69) is 25.3 Å². The standard InChI is InChI=1S/C23H21N5O2/c29-23(26-20-14-21(25-15-24-20)28-11-5-2-6-12-28)17-9-10-19-18(13-17)22(30-27-19)16-7-3-1-4-8-16/h1,3-4,7-10,13-15H,2,5-6,11-12H2,(H,24,25,26,29). The summed E-state index contributed by atoms with van der Waals surface area (Å²) in [5.41, 5.74) is 2.14. The van der Waals surface area contributed by atoms with Gasteiger partial charge in [0.15, 0.2) is 5.76 Å². The summed E-state index contributed by atoms with van der Waals surface area (Å²) < 4.78 is 5.53. The number of aromatic nitrogens is 3. The minimum atomic E-state index is -0.236. The van der Waals surface area contributed by atoms with E-state index in [-0.39, 0.29) is 5.91 Å². The Bertz CT molecular complexity index is 1180. The van der Waals surface area contributed by atoms with Gasteiger partial charge in [-0.2, -0.15) is 0 Å². The normalized spacial score (nSPS) is 14.1. The van der Waals surface area contributed by atoms with Gasteiger partial charge in [0.05, 0.1) is 5.39 Å². The van der Waals surface area contributed by atoms with Crippen molar-refractivity contribution in [1.82, 2.24) is 15.1 Å². The molecule has 5 rings (SSSR count). The molecule has 150 valence electrons. The Morgan fingerprint density at radius 1 is 0.967 bits per heavy atom. The number of rotatable bonds is 4. The number of fused-ring (bicyclic) bond motifs is 1. The number of amides is 1. The molecule has 30 heavy (non-hydrogen) atoms. The van der Waals surface area contributed by atoms with Crippen molar-refractivity contribution >= 4 is 28.4 Å². The molecule has 2 aromatic carbocycles. The number of benzene rings is 2. The summed E-state index contributed by atoms with van der Waals surface area (Å²) in [4.78, 5) is 23.7. The first-order valence-electron chi connectivity index (χ1n) is 10.1. The van der Waals surface area contributed by atoms with E-state index in [1.165, 1.54) is 12.7 Å². The number of anilines is 2. The number of piperidine rings is 1. The second-order valence-corrected chi connectivity index (χ2v) is 7.37. The fourth-order valence-electron chi connectivity index (χ4n) is 3.78. The summed E-state index contributed by atoms with van der Waals surface area (Å²) in [6.45, 7) is 1.97. The van der Waals surface area contributed by atoms with Crippen molar-refractivity contribution in [3.8, 4) is 11.3 Å². The third-order valence-electron chi connectivity index (χ3n) is 5.35. The molecule has 1 N–H and O–H groups in total. The van der Waals surface area contributed by atoms with Gasteiger partial charge in [0.25, 0.3) is 5.91 Å². The molecule has 0 unspecified atom stereocenters. The first-order chi connectivity index (χ1) is 14.8. The van der Waals surface area contributed by atoms with E-state index in [0.717, 1.165) is 42.7 Å². The van der Waals surface area contributed by atoms with Gasteiger partial charge in [0.1, 0.15) is 23.5 Å². The lowest BCUT2D eigenvalue weighted by molar-refractivity contribution is 0.102. The minimum absolute atomic E-state index is 0.236. The van der Waals surface area contributed by atoms with Crippen LogP contribution in [0.3, 0.4) is 0 Å². The van der Waals surface area contributed by atoms with E-state index in [9.17, 15) is 4.79 Å². The van der Waals surface area contributed by atoms with Gasteiger partial charge in [-0.25, -0.2) is 9.97 Å². The van der Waals surface area contributed by atoms with Gasteiger partial charge in [0.2, 0.25) is 0 Å². The highest BCUT2D eigenvalue weighted by Crippen LogP contribution is 2.29. The van der Waals surface area contributed by atoms with Gasteiger partial charge in [-0.05, 0) is 37.5 Å². The van der Waals surface area contributed by atoms with Crippen molar-refractivity contribution in [2.24, 2.45) is 0 Å².